The minimum atomic E-state index is -0.397. The molecule has 0 unspecified atom stereocenters. The number of benzene rings is 1. The fourth-order valence-corrected chi connectivity index (χ4v) is 1.85. The van der Waals surface area contributed by atoms with Crippen LogP contribution < -0.4 is 5.73 Å². The standard InChI is InChI=1S/C15H20N2O2/c1-10-5-6-12-11(7-10)8-13(19-12)14(18)17(4)15(2,3)9-16/h5-8H,9,16H2,1-4H3. The molecule has 2 N–H and O–H groups in total. The largest absolute Gasteiger partial charge is 0.451 e. The summed E-state index contributed by atoms with van der Waals surface area (Å²) in [7, 11) is 1.74. The minimum absolute atomic E-state index is 0.149. The molecule has 0 aliphatic rings. The number of aryl methyl sites for hydroxylation is 1. The lowest BCUT2D eigenvalue weighted by atomic mass is 10.0. The summed E-state index contributed by atoms with van der Waals surface area (Å²) in [5.74, 6) is 0.203. The molecule has 4 nitrogen and oxygen atoms in total. The Hall–Kier alpha value is -1.81. The first-order valence-corrected chi connectivity index (χ1v) is 6.33. The van der Waals surface area contributed by atoms with E-state index in [2.05, 4.69) is 0 Å². The van der Waals surface area contributed by atoms with Crippen molar-refractivity contribution >= 4 is 16.9 Å². The Labute approximate surface area is 113 Å². The molecular weight excluding hydrogens is 240 g/mol. The Balaban J connectivity index is 2.36. The molecule has 1 aromatic heterocycles. The molecule has 2 aromatic rings. The minimum Gasteiger partial charge on any atom is -0.451 e. The summed E-state index contributed by atoms with van der Waals surface area (Å²) in [5.41, 5.74) is 7.17. The van der Waals surface area contributed by atoms with E-state index in [9.17, 15) is 4.79 Å². The Morgan fingerprint density at radius 1 is 1.37 bits per heavy atom. The molecule has 1 aromatic carbocycles. The lowest BCUT2D eigenvalue weighted by Gasteiger charge is -2.33. The molecule has 4 heteroatoms. The molecule has 0 saturated heterocycles. The third-order valence-electron chi connectivity index (χ3n) is 3.59. The van der Waals surface area contributed by atoms with Gasteiger partial charge in [-0.2, -0.15) is 0 Å². The summed E-state index contributed by atoms with van der Waals surface area (Å²) in [4.78, 5) is 14.0. The van der Waals surface area contributed by atoms with Crippen LogP contribution in [0.5, 0.6) is 0 Å². The van der Waals surface area contributed by atoms with Crippen molar-refractivity contribution in [3.05, 3.63) is 35.6 Å². The van der Waals surface area contributed by atoms with Gasteiger partial charge in [-0.15, -0.1) is 0 Å². The number of hydrogen-bond donors (Lipinski definition) is 1. The number of amides is 1. The molecule has 0 saturated carbocycles. The second-order valence-corrected chi connectivity index (χ2v) is 5.53. The number of nitrogens with zero attached hydrogens (tertiary/aromatic N) is 1. The van der Waals surface area contributed by atoms with Crippen molar-refractivity contribution in [2.24, 2.45) is 5.73 Å². The molecule has 0 spiro atoms. The van der Waals surface area contributed by atoms with E-state index in [0.717, 1.165) is 16.5 Å². The smallest absolute Gasteiger partial charge is 0.289 e. The van der Waals surface area contributed by atoms with Gasteiger partial charge in [-0.3, -0.25) is 4.79 Å². The van der Waals surface area contributed by atoms with Crippen molar-refractivity contribution in [1.82, 2.24) is 4.90 Å². The first kappa shape index (κ1) is 13.6. The van der Waals surface area contributed by atoms with Gasteiger partial charge in [-0.05, 0) is 39.0 Å². The third-order valence-corrected chi connectivity index (χ3v) is 3.59. The topological polar surface area (TPSA) is 59.5 Å². The number of likely N-dealkylation sites (N-methyl/N-ethyl adjacent to an activating group) is 1. The Bertz CT molecular complexity index is 614. The van der Waals surface area contributed by atoms with E-state index in [0.29, 0.717) is 12.3 Å². The highest BCUT2D eigenvalue weighted by atomic mass is 16.3. The number of hydrogen-bond acceptors (Lipinski definition) is 3. The number of rotatable bonds is 3. The summed E-state index contributed by atoms with van der Waals surface area (Å²) < 4.78 is 5.61. The normalized spacial score (nSPS) is 11.8. The molecule has 19 heavy (non-hydrogen) atoms. The van der Waals surface area contributed by atoms with Crippen molar-refractivity contribution < 1.29 is 9.21 Å². The third kappa shape index (κ3) is 2.49. The van der Waals surface area contributed by atoms with Gasteiger partial charge in [0.1, 0.15) is 5.58 Å². The van der Waals surface area contributed by atoms with Gasteiger partial charge >= 0.3 is 0 Å². The van der Waals surface area contributed by atoms with Crippen molar-refractivity contribution in [1.29, 1.82) is 0 Å². The van der Waals surface area contributed by atoms with Crippen molar-refractivity contribution in [2.75, 3.05) is 13.6 Å². The lowest BCUT2D eigenvalue weighted by Crippen LogP contribution is -2.49. The Morgan fingerprint density at radius 2 is 2.05 bits per heavy atom. The zero-order chi connectivity index (χ0) is 14.2. The van der Waals surface area contributed by atoms with Gasteiger partial charge in [-0.25, -0.2) is 0 Å². The van der Waals surface area contributed by atoms with Crippen LogP contribution in [0, 0.1) is 6.92 Å². The highest BCUT2D eigenvalue weighted by molar-refractivity contribution is 5.96. The van der Waals surface area contributed by atoms with E-state index in [-0.39, 0.29) is 5.91 Å². The molecule has 0 radical (unpaired) electrons. The van der Waals surface area contributed by atoms with Crippen LogP contribution in [0.3, 0.4) is 0 Å². The quantitative estimate of drug-likeness (QED) is 0.922. The zero-order valence-electron chi connectivity index (χ0n) is 11.9. The Morgan fingerprint density at radius 3 is 2.68 bits per heavy atom. The molecule has 102 valence electrons. The van der Waals surface area contributed by atoms with Gasteiger partial charge in [0.25, 0.3) is 5.91 Å². The average Bonchev–Trinajstić information content (AvgIpc) is 2.79. The number of nitrogens with two attached hydrogens (primary N) is 1. The number of carbonyl (C=O) groups is 1. The van der Waals surface area contributed by atoms with Crippen LogP contribution in [0.4, 0.5) is 0 Å². The monoisotopic (exact) mass is 260 g/mol. The number of furan rings is 1. The highest BCUT2D eigenvalue weighted by Crippen LogP contribution is 2.23. The van der Waals surface area contributed by atoms with Gasteiger partial charge < -0.3 is 15.1 Å². The maximum atomic E-state index is 12.4. The van der Waals surface area contributed by atoms with Crippen molar-refractivity contribution in [3.8, 4) is 0 Å². The van der Waals surface area contributed by atoms with Crippen molar-refractivity contribution in [2.45, 2.75) is 26.3 Å². The molecule has 1 amide bonds. The molecule has 0 aliphatic carbocycles. The Kier molecular flexibility index (Phi) is 3.37. The summed E-state index contributed by atoms with van der Waals surface area (Å²) in [5, 5.41) is 0.947. The molecule has 0 bridgehead atoms. The summed E-state index contributed by atoms with van der Waals surface area (Å²) >= 11 is 0. The van der Waals surface area contributed by atoms with Crippen LogP contribution in [0.1, 0.15) is 30.0 Å². The maximum absolute atomic E-state index is 12.4. The number of fused-ring (bicyclic) bond motifs is 1. The molecule has 0 aliphatic heterocycles. The van der Waals surface area contributed by atoms with Crippen LogP contribution in [-0.4, -0.2) is 29.9 Å². The van der Waals surface area contributed by atoms with E-state index >= 15 is 0 Å². The second-order valence-electron chi connectivity index (χ2n) is 5.53. The van der Waals surface area contributed by atoms with E-state index in [1.807, 2.05) is 39.0 Å². The molecule has 0 fully saturated rings. The van der Waals surface area contributed by atoms with Crippen LogP contribution in [-0.2, 0) is 0 Å². The SMILES string of the molecule is Cc1ccc2oc(C(=O)N(C)C(C)(C)CN)cc2c1. The summed E-state index contributed by atoms with van der Waals surface area (Å²) in [6.07, 6.45) is 0. The lowest BCUT2D eigenvalue weighted by molar-refractivity contribution is 0.0610. The number of carbonyl (C=O) groups excluding carboxylic acids is 1. The fourth-order valence-electron chi connectivity index (χ4n) is 1.85. The van der Waals surface area contributed by atoms with Crippen LogP contribution in [0.2, 0.25) is 0 Å². The predicted molar refractivity (Wildman–Crippen MR) is 76.2 cm³/mol. The molecular formula is C15H20N2O2. The van der Waals surface area contributed by atoms with Gasteiger partial charge in [0, 0.05) is 24.5 Å². The predicted octanol–water partition coefficient (Wildman–Crippen LogP) is 2.55. The zero-order valence-corrected chi connectivity index (χ0v) is 11.9. The van der Waals surface area contributed by atoms with E-state index in [4.69, 9.17) is 10.2 Å². The van der Waals surface area contributed by atoms with Crippen LogP contribution in [0.15, 0.2) is 28.7 Å². The van der Waals surface area contributed by atoms with E-state index < -0.39 is 5.54 Å². The molecule has 2 rings (SSSR count). The van der Waals surface area contributed by atoms with E-state index in [1.165, 1.54) is 0 Å². The summed E-state index contributed by atoms with van der Waals surface area (Å²) in [6, 6.07) is 7.64. The van der Waals surface area contributed by atoms with Crippen LogP contribution >= 0.6 is 0 Å². The summed E-state index contributed by atoms with van der Waals surface area (Å²) in [6.45, 7) is 6.27. The van der Waals surface area contributed by atoms with Crippen LogP contribution in [0.25, 0.3) is 11.0 Å². The van der Waals surface area contributed by atoms with Gasteiger partial charge in [-0.1, -0.05) is 11.6 Å². The van der Waals surface area contributed by atoms with Crippen molar-refractivity contribution in [3.63, 3.8) is 0 Å². The first-order valence-electron chi connectivity index (χ1n) is 6.33. The maximum Gasteiger partial charge on any atom is 0.289 e. The fraction of sp³-hybridized carbons (Fsp3) is 0.400. The first-order chi connectivity index (χ1) is 8.85. The van der Waals surface area contributed by atoms with Gasteiger partial charge in [0.15, 0.2) is 5.76 Å². The van der Waals surface area contributed by atoms with Gasteiger partial charge in [0.2, 0.25) is 0 Å². The second kappa shape index (κ2) is 4.70. The van der Waals surface area contributed by atoms with Gasteiger partial charge in [0.05, 0.1) is 0 Å². The highest BCUT2D eigenvalue weighted by Gasteiger charge is 2.28. The molecule has 0 atom stereocenters. The molecule has 1 heterocycles. The van der Waals surface area contributed by atoms with E-state index in [1.54, 1.807) is 18.0 Å². The average molecular weight is 260 g/mol.